The number of fused-ring (bicyclic) bond motifs is 1. The molecule has 0 aliphatic carbocycles. The summed E-state index contributed by atoms with van der Waals surface area (Å²) in [6.45, 7) is 3.79. The first kappa shape index (κ1) is 11.9. The van der Waals surface area contributed by atoms with Crippen molar-refractivity contribution in [3.63, 3.8) is 0 Å². The van der Waals surface area contributed by atoms with Crippen LogP contribution in [0.25, 0.3) is 0 Å². The SMILES string of the molecule is CC[C@]1(C)Oc2ccc(C#N)cc2C(N)[C@H]1O. The minimum atomic E-state index is -0.769. The van der Waals surface area contributed by atoms with Crippen molar-refractivity contribution in [3.05, 3.63) is 29.3 Å². The number of hydrogen-bond donors (Lipinski definition) is 2. The monoisotopic (exact) mass is 232 g/mol. The second kappa shape index (κ2) is 4.02. The Hall–Kier alpha value is -1.57. The molecule has 2 rings (SSSR count). The molecule has 1 aromatic rings. The zero-order chi connectivity index (χ0) is 12.6. The van der Waals surface area contributed by atoms with E-state index in [0.717, 1.165) is 0 Å². The normalized spacial score (nSPS) is 31.2. The van der Waals surface area contributed by atoms with Crippen LogP contribution < -0.4 is 10.5 Å². The first-order chi connectivity index (χ1) is 8.01. The highest BCUT2D eigenvalue weighted by atomic mass is 16.5. The molecule has 4 nitrogen and oxygen atoms in total. The molecule has 1 aliphatic heterocycles. The van der Waals surface area contributed by atoms with Crippen LogP contribution in [0.15, 0.2) is 18.2 Å². The predicted molar refractivity (Wildman–Crippen MR) is 63.4 cm³/mol. The molecular weight excluding hydrogens is 216 g/mol. The van der Waals surface area contributed by atoms with Crippen molar-refractivity contribution in [2.75, 3.05) is 0 Å². The number of aliphatic hydroxyl groups excluding tert-OH is 1. The Bertz CT molecular complexity index is 481. The molecule has 1 heterocycles. The molecule has 4 heteroatoms. The van der Waals surface area contributed by atoms with Gasteiger partial charge in [-0.3, -0.25) is 0 Å². The van der Waals surface area contributed by atoms with Crippen molar-refractivity contribution in [2.24, 2.45) is 5.73 Å². The molecule has 1 aliphatic rings. The Morgan fingerprint density at radius 2 is 2.29 bits per heavy atom. The number of aliphatic hydroxyl groups is 1. The highest BCUT2D eigenvalue weighted by Crippen LogP contribution is 2.40. The Kier molecular flexibility index (Phi) is 2.82. The van der Waals surface area contributed by atoms with Gasteiger partial charge in [-0.1, -0.05) is 6.92 Å². The Morgan fingerprint density at radius 1 is 1.59 bits per heavy atom. The van der Waals surface area contributed by atoms with Gasteiger partial charge < -0.3 is 15.6 Å². The van der Waals surface area contributed by atoms with Gasteiger partial charge in [-0.2, -0.15) is 5.26 Å². The van der Waals surface area contributed by atoms with Crippen LogP contribution in [-0.2, 0) is 0 Å². The molecule has 0 saturated heterocycles. The van der Waals surface area contributed by atoms with E-state index < -0.39 is 17.7 Å². The number of benzene rings is 1. The third-order valence-electron chi connectivity index (χ3n) is 3.51. The van der Waals surface area contributed by atoms with Crippen LogP contribution in [0, 0.1) is 11.3 Å². The summed E-state index contributed by atoms with van der Waals surface area (Å²) in [6.07, 6.45) is -0.102. The summed E-state index contributed by atoms with van der Waals surface area (Å²) in [5.41, 5.74) is 6.58. The van der Waals surface area contributed by atoms with Crippen molar-refractivity contribution in [3.8, 4) is 11.8 Å². The molecular formula is C13H16N2O2. The minimum Gasteiger partial charge on any atom is -0.484 e. The highest BCUT2D eigenvalue weighted by molar-refractivity contribution is 5.46. The number of nitriles is 1. The Balaban J connectivity index is 2.50. The van der Waals surface area contributed by atoms with Crippen molar-refractivity contribution in [2.45, 2.75) is 38.0 Å². The first-order valence-electron chi connectivity index (χ1n) is 5.68. The molecule has 17 heavy (non-hydrogen) atoms. The second-order valence-electron chi connectivity index (χ2n) is 4.60. The molecule has 0 bridgehead atoms. The summed E-state index contributed by atoms with van der Waals surface area (Å²) in [5.74, 6) is 0.658. The van der Waals surface area contributed by atoms with E-state index in [-0.39, 0.29) is 0 Å². The fourth-order valence-electron chi connectivity index (χ4n) is 2.11. The fraction of sp³-hybridized carbons (Fsp3) is 0.462. The topological polar surface area (TPSA) is 79.3 Å². The maximum Gasteiger partial charge on any atom is 0.134 e. The van der Waals surface area contributed by atoms with Crippen LogP contribution in [0.3, 0.4) is 0 Å². The second-order valence-corrected chi connectivity index (χ2v) is 4.60. The fourth-order valence-corrected chi connectivity index (χ4v) is 2.11. The summed E-state index contributed by atoms with van der Waals surface area (Å²) in [4.78, 5) is 0. The molecule has 1 unspecified atom stereocenters. The van der Waals surface area contributed by atoms with E-state index in [1.54, 1.807) is 18.2 Å². The zero-order valence-electron chi connectivity index (χ0n) is 9.97. The molecule has 3 N–H and O–H groups in total. The smallest absolute Gasteiger partial charge is 0.134 e. The van der Waals surface area contributed by atoms with Gasteiger partial charge in [0.15, 0.2) is 0 Å². The van der Waals surface area contributed by atoms with Gasteiger partial charge in [0.2, 0.25) is 0 Å². The number of nitrogens with two attached hydrogens (primary N) is 1. The maximum atomic E-state index is 10.2. The summed E-state index contributed by atoms with van der Waals surface area (Å²) >= 11 is 0. The number of hydrogen-bond acceptors (Lipinski definition) is 4. The lowest BCUT2D eigenvalue weighted by Gasteiger charge is -2.42. The molecule has 0 saturated carbocycles. The van der Waals surface area contributed by atoms with Crippen LogP contribution in [-0.4, -0.2) is 16.8 Å². The van der Waals surface area contributed by atoms with Gasteiger partial charge in [-0.15, -0.1) is 0 Å². The van der Waals surface area contributed by atoms with Gasteiger partial charge in [0.25, 0.3) is 0 Å². The lowest BCUT2D eigenvalue weighted by molar-refractivity contribution is -0.0714. The minimum absolute atomic E-state index is 0.517. The van der Waals surface area contributed by atoms with E-state index in [1.165, 1.54) is 0 Å². The highest BCUT2D eigenvalue weighted by Gasteiger charge is 2.43. The summed E-state index contributed by atoms with van der Waals surface area (Å²) in [6, 6.07) is 6.65. The number of rotatable bonds is 1. The van der Waals surface area contributed by atoms with E-state index in [9.17, 15) is 5.11 Å². The van der Waals surface area contributed by atoms with Crippen molar-refractivity contribution >= 4 is 0 Å². The van der Waals surface area contributed by atoms with Gasteiger partial charge in [-0.05, 0) is 31.5 Å². The van der Waals surface area contributed by atoms with Gasteiger partial charge >= 0.3 is 0 Å². The molecule has 0 spiro atoms. The van der Waals surface area contributed by atoms with Crippen LogP contribution in [0.1, 0.15) is 37.4 Å². The van der Waals surface area contributed by atoms with Crippen LogP contribution in [0.4, 0.5) is 0 Å². The van der Waals surface area contributed by atoms with E-state index in [0.29, 0.717) is 23.3 Å². The zero-order valence-corrected chi connectivity index (χ0v) is 9.97. The summed E-state index contributed by atoms with van der Waals surface area (Å²) < 4.78 is 5.81. The quantitative estimate of drug-likeness (QED) is 0.768. The average molecular weight is 232 g/mol. The maximum absolute atomic E-state index is 10.2. The van der Waals surface area contributed by atoms with Gasteiger partial charge in [-0.25, -0.2) is 0 Å². The standard InChI is InChI=1S/C13H16N2O2/c1-3-13(2)12(16)11(15)9-6-8(7-14)4-5-10(9)17-13/h4-6,11-12,16H,3,15H2,1-2H3/t11?,12-,13+/m1/s1. The number of ether oxygens (including phenoxy) is 1. The lowest BCUT2D eigenvalue weighted by atomic mass is 9.84. The number of nitrogens with zero attached hydrogens (tertiary/aromatic N) is 1. The Labute approximate surface area is 101 Å². The Morgan fingerprint density at radius 3 is 2.88 bits per heavy atom. The van der Waals surface area contributed by atoms with Gasteiger partial charge in [0, 0.05) is 5.56 Å². The first-order valence-corrected chi connectivity index (χ1v) is 5.68. The third kappa shape index (κ3) is 1.78. The molecule has 90 valence electrons. The molecule has 0 amide bonds. The molecule has 0 fully saturated rings. The molecule has 0 radical (unpaired) electrons. The van der Waals surface area contributed by atoms with Crippen LogP contribution in [0.2, 0.25) is 0 Å². The average Bonchev–Trinajstić information content (AvgIpc) is 2.36. The largest absolute Gasteiger partial charge is 0.484 e. The van der Waals surface area contributed by atoms with Gasteiger partial charge in [0.1, 0.15) is 17.5 Å². The molecule has 3 atom stereocenters. The summed E-state index contributed by atoms with van der Waals surface area (Å²) in [5, 5.41) is 19.0. The summed E-state index contributed by atoms with van der Waals surface area (Å²) in [7, 11) is 0. The van der Waals surface area contributed by atoms with Gasteiger partial charge in [0.05, 0.1) is 17.7 Å². The van der Waals surface area contributed by atoms with Crippen molar-refractivity contribution in [1.82, 2.24) is 0 Å². The van der Waals surface area contributed by atoms with Crippen LogP contribution in [0.5, 0.6) is 5.75 Å². The van der Waals surface area contributed by atoms with E-state index in [1.807, 2.05) is 13.8 Å². The third-order valence-corrected chi connectivity index (χ3v) is 3.51. The van der Waals surface area contributed by atoms with Crippen molar-refractivity contribution < 1.29 is 9.84 Å². The van der Waals surface area contributed by atoms with E-state index in [4.69, 9.17) is 15.7 Å². The van der Waals surface area contributed by atoms with Crippen molar-refractivity contribution in [1.29, 1.82) is 5.26 Å². The molecule has 1 aromatic carbocycles. The van der Waals surface area contributed by atoms with E-state index in [2.05, 4.69) is 6.07 Å². The lowest BCUT2D eigenvalue weighted by Crippen LogP contribution is -2.52. The molecule has 0 aromatic heterocycles. The predicted octanol–water partition coefficient (Wildman–Crippen LogP) is 1.48. The van der Waals surface area contributed by atoms with E-state index >= 15 is 0 Å². The van der Waals surface area contributed by atoms with Crippen LogP contribution >= 0.6 is 0 Å².